The topological polar surface area (TPSA) is 51.8 Å². The van der Waals surface area contributed by atoms with E-state index in [9.17, 15) is 0 Å². The van der Waals surface area contributed by atoms with E-state index >= 15 is 0 Å². The van der Waals surface area contributed by atoms with Crippen molar-refractivity contribution in [2.24, 2.45) is 0 Å². The minimum Gasteiger partial charge on any atom is -0.383 e. The third-order valence-corrected chi connectivity index (χ3v) is 1.82. The number of aromatic nitrogens is 2. The van der Waals surface area contributed by atoms with Gasteiger partial charge in [-0.15, -0.1) is 0 Å². The first-order valence-electron chi connectivity index (χ1n) is 2.66. The zero-order valence-electron chi connectivity index (χ0n) is 5.43. The maximum atomic E-state index is 5.37. The number of anilines is 1. The third-order valence-electron chi connectivity index (χ3n) is 1.07. The van der Waals surface area contributed by atoms with E-state index in [-0.39, 0.29) is 11.4 Å². The molecule has 1 heterocycles. The van der Waals surface area contributed by atoms with Crippen LogP contribution in [-0.2, 0) is 0 Å². The lowest BCUT2D eigenvalue weighted by molar-refractivity contribution is 1.12. The Balaban J connectivity index is 3.28. The summed E-state index contributed by atoms with van der Waals surface area (Å²) in [6.07, 6.45) is 0. The first kappa shape index (κ1) is 7.53. The highest BCUT2D eigenvalue weighted by atomic mass is 79.9. The van der Waals surface area contributed by atoms with Crippen molar-refractivity contribution >= 4 is 35.2 Å². The summed E-state index contributed by atoms with van der Waals surface area (Å²) >= 11 is 3.17. The van der Waals surface area contributed by atoms with Gasteiger partial charge in [0.05, 0.1) is 5.69 Å². The van der Waals surface area contributed by atoms with Crippen molar-refractivity contribution < 1.29 is 0 Å². The number of nitrogens with two attached hydrogens (primary N) is 1. The van der Waals surface area contributed by atoms with Crippen LogP contribution in [0.3, 0.4) is 0 Å². The van der Waals surface area contributed by atoms with E-state index < -0.39 is 0 Å². The Morgan fingerprint density at radius 1 is 1.50 bits per heavy atom. The summed E-state index contributed by atoms with van der Waals surface area (Å²) in [5.74, 6) is 0.278. The maximum absolute atomic E-state index is 5.37. The van der Waals surface area contributed by atoms with Gasteiger partial charge in [0.1, 0.15) is 18.3 Å². The molecule has 5 heteroatoms. The molecule has 50 valence electrons. The molecule has 0 spiro atoms. The molecule has 0 saturated heterocycles. The fourth-order valence-corrected chi connectivity index (χ4v) is 0.808. The largest absolute Gasteiger partial charge is 0.383 e. The van der Waals surface area contributed by atoms with Crippen molar-refractivity contribution in [1.82, 2.24) is 9.97 Å². The van der Waals surface area contributed by atoms with Crippen molar-refractivity contribution in [3.63, 3.8) is 0 Å². The zero-order valence-corrected chi connectivity index (χ0v) is 7.01. The second-order valence-electron chi connectivity index (χ2n) is 1.87. The highest BCUT2D eigenvalue weighted by Gasteiger charge is 2.00. The second kappa shape index (κ2) is 2.58. The quantitative estimate of drug-likeness (QED) is 0.593. The highest BCUT2D eigenvalue weighted by molar-refractivity contribution is 9.10. The van der Waals surface area contributed by atoms with Crippen LogP contribution >= 0.6 is 15.9 Å². The molecule has 2 N–H and O–H groups in total. The summed E-state index contributed by atoms with van der Waals surface area (Å²) in [5.41, 5.74) is 6.37. The molecule has 0 aliphatic carbocycles. The monoisotopic (exact) mass is 197 g/mol. The third kappa shape index (κ3) is 1.29. The summed E-state index contributed by atoms with van der Waals surface area (Å²) in [5, 5.41) is 0. The van der Waals surface area contributed by atoms with Crippen molar-refractivity contribution in [2.45, 2.75) is 6.92 Å². The smallest absolute Gasteiger partial charge is 0.147 e. The Morgan fingerprint density at radius 2 is 2.10 bits per heavy atom. The van der Waals surface area contributed by atoms with Crippen LogP contribution in [0.5, 0.6) is 0 Å². The van der Waals surface area contributed by atoms with Gasteiger partial charge in [-0.25, -0.2) is 4.98 Å². The fourth-order valence-electron chi connectivity index (χ4n) is 0.528. The molecular formula is C5H5BBrN3. The van der Waals surface area contributed by atoms with Crippen LogP contribution < -0.4 is 11.3 Å². The van der Waals surface area contributed by atoms with E-state index in [4.69, 9.17) is 13.6 Å². The molecular weight excluding hydrogens is 193 g/mol. The Labute approximate surface area is 68.6 Å². The van der Waals surface area contributed by atoms with Crippen LogP contribution in [0.15, 0.2) is 4.60 Å². The van der Waals surface area contributed by atoms with Gasteiger partial charge in [-0.3, -0.25) is 4.98 Å². The zero-order chi connectivity index (χ0) is 7.72. The normalized spacial score (nSPS) is 9.80. The van der Waals surface area contributed by atoms with Crippen LogP contribution in [0, 0.1) is 6.92 Å². The SMILES string of the molecule is [B]c1nc(Br)c(C)nc1N. The molecule has 1 rings (SSSR count). The van der Waals surface area contributed by atoms with Gasteiger partial charge in [0.2, 0.25) is 0 Å². The van der Waals surface area contributed by atoms with E-state index in [2.05, 4.69) is 25.9 Å². The number of hydrogen-bond donors (Lipinski definition) is 1. The van der Waals surface area contributed by atoms with Crippen LogP contribution in [0.25, 0.3) is 0 Å². The predicted octanol–water partition coefficient (Wildman–Crippen LogP) is -0.0765. The average molecular weight is 198 g/mol. The lowest BCUT2D eigenvalue weighted by Crippen LogP contribution is -2.17. The molecule has 0 aliphatic rings. The molecule has 0 saturated carbocycles. The molecule has 0 amide bonds. The van der Waals surface area contributed by atoms with Crippen LogP contribution in [0.4, 0.5) is 5.82 Å². The van der Waals surface area contributed by atoms with Crippen molar-refractivity contribution in [3.05, 3.63) is 10.3 Å². The molecule has 0 aromatic carbocycles. The van der Waals surface area contributed by atoms with E-state index in [0.717, 1.165) is 5.69 Å². The highest BCUT2D eigenvalue weighted by Crippen LogP contribution is 2.08. The summed E-state index contributed by atoms with van der Waals surface area (Å²) in [6, 6.07) is 0. The molecule has 0 fully saturated rings. The van der Waals surface area contributed by atoms with E-state index in [0.29, 0.717) is 4.60 Å². The molecule has 10 heavy (non-hydrogen) atoms. The number of halogens is 1. The number of rotatable bonds is 0. The summed E-state index contributed by atoms with van der Waals surface area (Å²) in [4.78, 5) is 7.80. The van der Waals surface area contributed by atoms with Gasteiger partial charge in [0, 0.05) is 5.59 Å². The Kier molecular flexibility index (Phi) is 1.94. The molecule has 2 radical (unpaired) electrons. The van der Waals surface area contributed by atoms with E-state index in [1.807, 2.05) is 0 Å². The molecule has 1 aromatic heterocycles. The fraction of sp³-hybridized carbons (Fsp3) is 0.200. The number of nitrogens with zero attached hydrogens (tertiary/aromatic N) is 2. The first-order valence-corrected chi connectivity index (χ1v) is 3.45. The van der Waals surface area contributed by atoms with Crippen LogP contribution in [-0.4, -0.2) is 17.8 Å². The van der Waals surface area contributed by atoms with Gasteiger partial charge < -0.3 is 5.73 Å². The second-order valence-corrected chi connectivity index (χ2v) is 2.62. The van der Waals surface area contributed by atoms with Crippen molar-refractivity contribution in [1.29, 1.82) is 0 Å². The first-order chi connectivity index (χ1) is 4.61. The summed E-state index contributed by atoms with van der Waals surface area (Å²) < 4.78 is 0.638. The average Bonchev–Trinajstić information content (AvgIpc) is 1.84. The minimum absolute atomic E-state index is 0.262. The molecule has 1 aromatic rings. The van der Waals surface area contributed by atoms with Gasteiger partial charge >= 0.3 is 0 Å². The number of nitrogen functional groups attached to an aromatic ring is 1. The molecule has 0 unspecified atom stereocenters. The maximum Gasteiger partial charge on any atom is 0.147 e. The Hall–Kier alpha value is -0.575. The van der Waals surface area contributed by atoms with Crippen molar-refractivity contribution in [3.8, 4) is 0 Å². The van der Waals surface area contributed by atoms with Gasteiger partial charge in [-0.2, -0.15) is 0 Å². The number of hydrogen-bond acceptors (Lipinski definition) is 3. The molecule has 0 bridgehead atoms. The van der Waals surface area contributed by atoms with Gasteiger partial charge in [0.15, 0.2) is 0 Å². The van der Waals surface area contributed by atoms with Gasteiger partial charge in [-0.05, 0) is 22.9 Å². The van der Waals surface area contributed by atoms with E-state index in [1.54, 1.807) is 6.92 Å². The molecule has 3 nitrogen and oxygen atoms in total. The van der Waals surface area contributed by atoms with E-state index in [1.165, 1.54) is 0 Å². The molecule has 0 atom stereocenters. The minimum atomic E-state index is 0.262. The number of aryl methyl sites for hydroxylation is 1. The van der Waals surface area contributed by atoms with Crippen LogP contribution in [0.2, 0.25) is 0 Å². The predicted molar refractivity (Wildman–Crippen MR) is 44.3 cm³/mol. The lowest BCUT2D eigenvalue weighted by atomic mass is 10.1. The summed E-state index contributed by atoms with van der Waals surface area (Å²) in [6.45, 7) is 1.80. The van der Waals surface area contributed by atoms with Crippen molar-refractivity contribution in [2.75, 3.05) is 5.73 Å². The van der Waals surface area contributed by atoms with Gasteiger partial charge in [0.25, 0.3) is 0 Å². The Bertz CT molecular complexity index is 213. The molecule has 0 aliphatic heterocycles. The standard InChI is InChI=1S/C5H5BBrN3/c1-2-4(7)10-3(6)5(8)9-2/h1H3,(H2,8,9). The Morgan fingerprint density at radius 3 is 2.60 bits per heavy atom. The van der Waals surface area contributed by atoms with Gasteiger partial charge in [-0.1, -0.05) is 0 Å². The summed E-state index contributed by atoms with van der Waals surface area (Å²) in [7, 11) is 5.36. The van der Waals surface area contributed by atoms with Crippen LogP contribution in [0.1, 0.15) is 5.69 Å². The lowest BCUT2D eigenvalue weighted by Gasteiger charge is -2.00.